The Morgan fingerprint density at radius 3 is 2.65 bits per heavy atom. The molecule has 0 bridgehead atoms. The molecule has 0 saturated heterocycles. The van der Waals surface area contributed by atoms with Gasteiger partial charge in [0.2, 0.25) is 0 Å². The van der Waals surface area contributed by atoms with Crippen LogP contribution in [0.15, 0.2) is 24.5 Å². The number of aryl methyl sites for hydroxylation is 1. The van der Waals surface area contributed by atoms with Crippen LogP contribution in [0.5, 0.6) is 0 Å². The molecule has 1 aromatic rings. The molecule has 0 aliphatic rings. The number of unbranched alkanes of at least 4 members (excludes halogenated alkanes) is 4. The molecule has 1 heterocycles. The summed E-state index contributed by atoms with van der Waals surface area (Å²) in [5, 5.41) is 0. The molecule has 1 aromatic heterocycles. The minimum absolute atomic E-state index is 0. The molecule has 0 atom stereocenters. The van der Waals surface area contributed by atoms with E-state index in [9.17, 15) is 4.79 Å². The normalized spacial score (nSPS) is 9.71. The molecular formula is C13H21ClN2O. The van der Waals surface area contributed by atoms with Gasteiger partial charge in [0.15, 0.2) is 12.4 Å². The van der Waals surface area contributed by atoms with Gasteiger partial charge in [-0.3, -0.25) is 4.79 Å². The number of hydrogen-bond donors (Lipinski definition) is 1. The lowest BCUT2D eigenvalue weighted by atomic mass is 10.1. The van der Waals surface area contributed by atoms with Gasteiger partial charge in [-0.05, 0) is 12.5 Å². The van der Waals surface area contributed by atoms with Crippen LogP contribution in [-0.2, 0) is 6.54 Å². The van der Waals surface area contributed by atoms with Crippen LogP contribution in [-0.4, -0.2) is 5.91 Å². The van der Waals surface area contributed by atoms with Crippen molar-refractivity contribution in [1.82, 2.24) is 0 Å². The molecule has 96 valence electrons. The van der Waals surface area contributed by atoms with Crippen molar-refractivity contribution in [3.8, 4) is 0 Å². The topological polar surface area (TPSA) is 47.0 Å². The first-order chi connectivity index (χ1) is 7.74. The van der Waals surface area contributed by atoms with E-state index in [0.717, 1.165) is 13.0 Å². The fourth-order valence-electron chi connectivity index (χ4n) is 1.70. The first-order valence-electron chi connectivity index (χ1n) is 6.03. The van der Waals surface area contributed by atoms with E-state index in [-0.39, 0.29) is 18.3 Å². The van der Waals surface area contributed by atoms with Gasteiger partial charge in [-0.25, -0.2) is 4.57 Å². The number of halogens is 1. The Morgan fingerprint density at radius 2 is 2.00 bits per heavy atom. The van der Waals surface area contributed by atoms with Crippen molar-refractivity contribution in [2.24, 2.45) is 5.73 Å². The Bertz CT molecular complexity index is 342. The molecule has 0 unspecified atom stereocenters. The maximum absolute atomic E-state index is 11.0. The lowest BCUT2D eigenvalue weighted by molar-refractivity contribution is -0.697. The molecule has 3 nitrogen and oxygen atoms in total. The second-order valence-corrected chi connectivity index (χ2v) is 4.11. The van der Waals surface area contributed by atoms with E-state index in [2.05, 4.69) is 6.92 Å². The predicted molar refractivity (Wildman–Crippen MR) is 63.9 cm³/mol. The summed E-state index contributed by atoms with van der Waals surface area (Å²) in [6.07, 6.45) is 10.1. The number of primary amides is 1. The summed E-state index contributed by atoms with van der Waals surface area (Å²) in [6.45, 7) is 3.18. The number of aromatic nitrogens is 1. The Balaban J connectivity index is 0.00000256. The lowest BCUT2D eigenvalue weighted by Crippen LogP contribution is -3.00. The number of carbonyl (C=O) groups is 1. The number of carbonyl (C=O) groups excluding carboxylic acids is 1. The van der Waals surface area contributed by atoms with Gasteiger partial charge >= 0.3 is 0 Å². The third kappa shape index (κ3) is 6.27. The first kappa shape index (κ1) is 15.9. The van der Waals surface area contributed by atoms with Gasteiger partial charge in [-0.2, -0.15) is 0 Å². The van der Waals surface area contributed by atoms with Gasteiger partial charge in [0.05, 0.1) is 0 Å². The van der Waals surface area contributed by atoms with Gasteiger partial charge in [0.25, 0.3) is 5.91 Å². The zero-order valence-corrected chi connectivity index (χ0v) is 11.1. The SMILES string of the molecule is CCCCCCC[n+]1cccc(C(N)=O)c1.[Cl-]. The Kier molecular flexibility index (Phi) is 8.42. The van der Waals surface area contributed by atoms with Crippen LogP contribution >= 0.6 is 0 Å². The molecule has 0 radical (unpaired) electrons. The highest BCUT2D eigenvalue weighted by atomic mass is 35.5. The summed E-state index contributed by atoms with van der Waals surface area (Å²) in [4.78, 5) is 11.0. The van der Waals surface area contributed by atoms with Crippen molar-refractivity contribution in [3.05, 3.63) is 30.1 Å². The van der Waals surface area contributed by atoms with Crippen LogP contribution in [0.1, 0.15) is 49.4 Å². The number of nitrogens with zero attached hydrogens (tertiary/aromatic N) is 1. The van der Waals surface area contributed by atoms with Crippen LogP contribution in [0.2, 0.25) is 0 Å². The van der Waals surface area contributed by atoms with Crippen LogP contribution in [0.25, 0.3) is 0 Å². The van der Waals surface area contributed by atoms with E-state index in [1.165, 1.54) is 25.7 Å². The van der Waals surface area contributed by atoms with E-state index in [4.69, 9.17) is 5.73 Å². The fourth-order valence-corrected chi connectivity index (χ4v) is 1.70. The summed E-state index contributed by atoms with van der Waals surface area (Å²) in [5.41, 5.74) is 5.80. The summed E-state index contributed by atoms with van der Waals surface area (Å²) >= 11 is 0. The van der Waals surface area contributed by atoms with E-state index in [0.29, 0.717) is 5.56 Å². The highest BCUT2D eigenvalue weighted by Crippen LogP contribution is 2.02. The molecule has 2 N–H and O–H groups in total. The van der Waals surface area contributed by atoms with Crippen molar-refractivity contribution in [3.63, 3.8) is 0 Å². The smallest absolute Gasteiger partial charge is 0.254 e. The largest absolute Gasteiger partial charge is 1.00 e. The lowest BCUT2D eigenvalue weighted by Gasteiger charge is -1.99. The van der Waals surface area contributed by atoms with E-state index in [1.807, 2.05) is 23.0 Å². The van der Waals surface area contributed by atoms with Gasteiger partial charge in [-0.1, -0.05) is 26.2 Å². The summed E-state index contributed by atoms with van der Waals surface area (Å²) < 4.78 is 2.03. The van der Waals surface area contributed by atoms with E-state index in [1.54, 1.807) is 6.07 Å². The standard InChI is InChI=1S/C13H20N2O.ClH/c1-2-3-4-5-6-9-15-10-7-8-12(11-15)13(14)16;/h7-8,10-11H,2-6,9H2,1H3,(H-,14,16);1H. The number of rotatable bonds is 7. The first-order valence-corrected chi connectivity index (χ1v) is 6.03. The zero-order valence-electron chi connectivity index (χ0n) is 10.4. The molecule has 1 amide bonds. The van der Waals surface area contributed by atoms with Gasteiger partial charge in [-0.15, -0.1) is 0 Å². The zero-order chi connectivity index (χ0) is 11.8. The predicted octanol–water partition coefficient (Wildman–Crippen LogP) is -0.953. The Labute approximate surface area is 109 Å². The van der Waals surface area contributed by atoms with Crippen LogP contribution in [0.4, 0.5) is 0 Å². The van der Waals surface area contributed by atoms with Gasteiger partial charge in [0.1, 0.15) is 12.1 Å². The molecule has 4 heteroatoms. The van der Waals surface area contributed by atoms with Crippen molar-refractivity contribution < 1.29 is 21.8 Å². The van der Waals surface area contributed by atoms with Crippen molar-refractivity contribution in [1.29, 1.82) is 0 Å². The maximum atomic E-state index is 11.0. The van der Waals surface area contributed by atoms with Crippen LogP contribution < -0.4 is 22.7 Å². The highest BCUT2D eigenvalue weighted by Gasteiger charge is 2.06. The molecule has 0 aliphatic carbocycles. The highest BCUT2D eigenvalue weighted by molar-refractivity contribution is 5.92. The third-order valence-corrected chi connectivity index (χ3v) is 2.66. The molecule has 0 saturated carbocycles. The molecule has 0 spiro atoms. The molecular weight excluding hydrogens is 236 g/mol. The summed E-state index contributed by atoms with van der Waals surface area (Å²) in [7, 11) is 0. The number of amides is 1. The molecule has 0 aliphatic heterocycles. The quantitative estimate of drug-likeness (QED) is 0.496. The minimum atomic E-state index is -0.361. The van der Waals surface area contributed by atoms with Crippen molar-refractivity contribution in [2.45, 2.75) is 45.6 Å². The van der Waals surface area contributed by atoms with Crippen molar-refractivity contribution >= 4 is 5.91 Å². The van der Waals surface area contributed by atoms with Crippen LogP contribution in [0, 0.1) is 0 Å². The molecule has 1 rings (SSSR count). The second-order valence-electron chi connectivity index (χ2n) is 4.11. The summed E-state index contributed by atoms with van der Waals surface area (Å²) in [5.74, 6) is -0.361. The monoisotopic (exact) mass is 256 g/mol. The maximum Gasteiger partial charge on any atom is 0.254 e. The average molecular weight is 257 g/mol. The third-order valence-electron chi connectivity index (χ3n) is 2.66. The number of pyridine rings is 1. The van der Waals surface area contributed by atoms with Gasteiger partial charge < -0.3 is 18.1 Å². The molecule has 0 fully saturated rings. The second kappa shape index (κ2) is 8.99. The summed E-state index contributed by atoms with van der Waals surface area (Å²) in [6, 6.07) is 3.61. The molecule has 17 heavy (non-hydrogen) atoms. The fraction of sp³-hybridized carbons (Fsp3) is 0.538. The minimum Gasteiger partial charge on any atom is -1.00 e. The van der Waals surface area contributed by atoms with Crippen molar-refractivity contribution in [2.75, 3.05) is 0 Å². The van der Waals surface area contributed by atoms with Gasteiger partial charge in [0, 0.05) is 12.5 Å². The molecule has 0 aromatic carbocycles. The average Bonchev–Trinajstić information content (AvgIpc) is 2.29. The van der Waals surface area contributed by atoms with Crippen LogP contribution in [0.3, 0.4) is 0 Å². The van der Waals surface area contributed by atoms with E-state index >= 15 is 0 Å². The Hall–Kier alpha value is -1.09. The number of hydrogen-bond acceptors (Lipinski definition) is 1. The number of nitrogens with two attached hydrogens (primary N) is 1. The van der Waals surface area contributed by atoms with E-state index < -0.39 is 0 Å². The Morgan fingerprint density at radius 1 is 1.29 bits per heavy atom.